The van der Waals surface area contributed by atoms with Gasteiger partial charge in [-0.2, -0.15) is 0 Å². The largest absolute Gasteiger partial charge is 0.390 e. The standard InChI is InChI=1S/C19H26FNO3/c20-16-8-6-15(7-9-16)3-1-5-18(23)21-12-10-19(11-13-21)17(22)4-2-14-24-19/h6-9,17,22H,1-5,10-14H2/t17-/m0/s1. The number of carbonyl (C=O) groups excluding carboxylic acids is 1. The van der Waals surface area contributed by atoms with Crippen LogP contribution in [0.2, 0.25) is 0 Å². The van der Waals surface area contributed by atoms with Crippen molar-refractivity contribution < 1.29 is 19.0 Å². The molecule has 1 amide bonds. The van der Waals surface area contributed by atoms with Crippen LogP contribution < -0.4 is 0 Å². The maximum absolute atomic E-state index is 12.9. The number of likely N-dealkylation sites (tertiary alicyclic amines) is 1. The molecule has 0 radical (unpaired) electrons. The molecule has 0 bridgehead atoms. The minimum absolute atomic E-state index is 0.164. The fourth-order valence-corrected chi connectivity index (χ4v) is 3.78. The van der Waals surface area contributed by atoms with Crippen LogP contribution in [-0.2, 0) is 16.0 Å². The number of rotatable bonds is 4. The molecule has 2 aliphatic rings. The predicted octanol–water partition coefficient (Wildman–Crippen LogP) is 2.68. The van der Waals surface area contributed by atoms with Crippen molar-refractivity contribution in [1.29, 1.82) is 0 Å². The second kappa shape index (κ2) is 7.62. The number of hydrogen-bond acceptors (Lipinski definition) is 3. The first kappa shape index (κ1) is 17.4. The van der Waals surface area contributed by atoms with E-state index in [0.29, 0.717) is 26.1 Å². The van der Waals surface area contributed by atoms with E-state index in [2.05, 4.69) is 0 Å². The lowest BCUT2D eigenvalue weighted by molar-refractivity contribution is -0.179. The molecule has 1 aromatic carbocycles. The molecule has 1 spiro atoms. The van der Waals surface area contributed by atoms with E-state index in [0.717, 1.165) is 44.1 Å². The van der Waals surface area contributed by atoms with Gasteiger partial charge in [-0.15, -0.1) is 0 Å². The predicted molar refractivity (Wildman–Crippen MR) is 89.1 cm³/mol. The summed E-state index contributed by atoms with van der Waals surface area (Å²) in [7, 11) is 0. The molecule has 4 nitrogen and oxygen atoms in total. The Hall–Kier alpha value is -1.46. The molecule has 0 saturated carbocycles. The highest BCUT2D eigenvalue weighted by atomic mass is 19.1. The Labute approximate surface area is 142 Å². The van der Waals surface area contributed by atoms with Gasteiger partial charge in [0.15, 0.2) is 0 Å². The van der Waals surface area contributed by atoms with E-state index >= 15 is 0 Å². The van der Waals surface area contributed by atoms with Crippen LogP contribution in [-0.4, -0.2) is 47.3 Å². The second-order valence-corrected chi connectivity index (χ2v) is 6.93. The molecule has 1 atom stereocenters. The third-order valence-electron chi connectivity index (χ3n) is 5.35. The lowest BCUT2D eigenvalue weighted by atomic mass is 9.82. The number of benzene rings is 1. The van der Waals surface area contributed by atoms with Gasteiger partial charge in [-0.3, -0.25) is 4.79 Å². The zero-order valence-corrected chi connectivity index (χ0v) is 14.0. The van der Waals surface area contributed by atoms with Gasteiger partial charge in [0.05, 0.1) is 11.7 Å². The third-order valence-corrected chi connectivity index (χ3v) is 5.35. The minimum Gasteiger partial charge on any atom is -0.390 e. The molecule has 0 aliphatic carbocycles. The van der Waals surface area contributed by atoms with Crippen LogP contribution in [0.25, 0.3) is 0 Å². The first-order chi connectivity index (χ1) is 11.6. The normalized spacial score (nSPS) is 23.4. The minimum atomic E-state index is -0.427. The lowest BCUT2D eigenvalue weighted by Crippen LogP contribution is -2.56. The van der Waals surface area contributed by atoms with Gasteiger partial charge in [-0.25, -0.2) is 4.39 Å². The average molecular weight is 335 g/mol. The Morgan fingerprint density at radius 3 is 2.67 bits per heavy atom. The maximum atomic E-state index is 12.9. The molecule has 5 heteroatoms. The molecular formula is C19H26FNO3. The highest BCUT2D eigenvalue weighted by Crippen LogP contribution is 2.35. The molecule has 2 fully saturated rings. The second-order valence-electron chi connectivity index (χ2n) is 6.93. The van der Waals surface area contributed by atoms with Crippen molar-refractivity contribution in [2.45, 2.75) is 56.7 Å². The number of hydrogen-bond donors (Lipinski definition) is 1. The number of ether oxygens (including phenoxy) is 1. The summed E-state index contributed by atoms with van der Waals surface area (Å²) in [6, 6.07) is 6.45. The SMILES string of the molecule is O=C(CCCc1ccc(F)cc1)N1CCC2(CC1)OCCC[C@@H]2O. The van der Waals surface area contributed by atoms with Crippen molar-refractivity contribution in [1.82, 2.24) is 4.90 Å². The lowest BCUT2D eigenvalue weighted by Gasteiger charge is -2.46. The number of piperidine rings is 1. The number of aryl methyl sites for hydroxylation is 1. The number of carbonyl (C=O) groups is 1. The number of aliphatic hydroxyl groups excluding tert-OH is 1. The quantitative estimate of drug-likeness (QED) is 0.920. The van der Waals surface area contributed by atoms with Gasteiger partial charge in [0.1, 0.15) is 5.82 Å². The van der Waals surface area contributed by atoms with Gasteiger partial charge >= 0.3 is 0 Å². The third kappa shape index (κ3) is 3.95. The Bertz CT molecular complexity index is 552. The molecule has 0 unspecified atom stereocenters. The van der Waals surface area contributed by atoms with Crippen molar-refractivity contribution in [3.05, 3.63) is 35.6 Å². The van der Waals surface area contributed by atoms with Crippen LogP contribution in [0.4, 0.5) is 4.39 Å². The Morgan fingerprint density at radius 2 is 2.00 bits per heavy atom. The van der Waals surface area contributed by atoms with E-state index in [1.54, 1.807) is 12.1 Å². The smallest absolute Gasteiger partial charge is 0.222 e. The van der Waals surface area contributed by atoms with Crippen molar-refractivity contribution in [2.24, 2.45) is 0 Å². The summed E-state index contributed by atoms with van der Waals surface area (Å²) in [5.74, 6) is -0.0681. The molecule has 0 aromatic heterocycles. The number of amides is 1. The molecule has 2 heterocycles. The highest BCUT2D eigenvalue weighted by molar-refractivity contribution is 5.76. The van der Waals surface area contributed by atoms with Crippen molar-refractivity contribution in [3.63, 3.8) is 0 Å². The molecule has 132 valence electrons. The van der Waals surface area contributed by atoms with Crippen LogP contribution in [0, 0.1) is 5.82 Å². The van der Waals surface area contributed by atoms with E-state index in [1.807, 2.05) is 4.90 Å². The molecule has 1 aromatic rings. The fraction of sp³-hybridized carbons (Fsp3) is 0.632. The summed E-state index contributed by atoms with van der Waals surface area (Å²) >= 11 is 0. The van der Waals surface area contributed by atoms with Crippen LogP contribution >= 0.6 is 0 Å². The summed E-state index contributed by atoms with van der Waals surface area (Å²) in [4.78, 5) is 14.2. The van der Waals surface area contributed by atoms with Crippen LogP contribution in [0.15, 0.2) is 24.3 Å². The monoisotopic (exact) mass is 335 g/mol. The molecule has 24 heavy (non-hydrogen) atoms. The first-order valence-electron chi connectivity index (χ1n) is 8.93. The summed E-state index contributed by atoms with van der Waals surface area (Å²) in [6.07, 6.45) is 4.81. The molecule has 3 rings (SSSR count). The van der Waals surface area contributed by atoms with Gasteiger partial charge in [0.2, 0.25) is 5.91 Å². The summed E-state index contributed by atoms with van der Waals surface area (Å²) in [6.45, 7) is 2.03. The molecule has 2 aliphatic heterocycles. The summed E-state index contributed by atoms with van der Waals surface area (Å²) in [5, 5.41) is 10.2. The topological polar surface area (TPSA) is 49.8 Å². The van der Waals surface area contributed by atoms with Crippen LogP contribution in [0.1, 0.15) is 44.1 Å². The average Bonchev–Trinajstić information content (AvgIpc) is 2.60. The first-order valence-corrected chi connectivity index (χ1v) is 8.93. The maximum Gasteiger partial charge on any atom is 0.222 e. The van der Waals surface area contributed by atoms with Crippen molar-refractivity contribution >= 4 is 5.91 Å². The van der Waals surface area contributed by atoms with Gasteiger partial charge in [-0.1, -0.05) is 12.1 Å². The Morgan fingerprint density at radius 1 is 1.29 bits per heavy atom. The Balaban J connectivity index is 1.42. The highest BCUT2D eigenvalue weighted by Gasteiger charge is 2.44. The van der Waals surface area contributed by atoms with Crippen molar-refractivity contribution in [2.75, 3.05) is 19.7 Å². The number of aliphatic hydroxyl groups is 1. The number of nitrogens with zero attached hydrogens (tertiary/aromatic N) is 1. The fourth-order valence-electron chi connectivity index (χ4n) is 3.78. The Kier molecular flexibility index (Phi) is 5.51. The van der Waals surface area contributed by atoms with E-state index in [1.165, 1.54) is 12.1 Å². The van der Waals surface area contributed by atoms with E-state index in [4.69, 9.17) is 4.74 Å². The van der Waals surface area contributed by atoms with Gasteiger partial charge < -0.3 is 14.7 Å². The zero-order valence-electron chi connectivity index (χ0n) is 14.0. The van der Waals surface area contributed by atoms with E-state index in [-0.39, 0.29) is 11.7 Å². The summed E-state index contributed by atoms with van der Waals surface area (Å²) < 4.78 is 18.7. The van der Waals surface area contributed by atoms with E-state index in [9.17, 15) is 14.3 Å². The van der Waals surface area contributed by atoms with Crippen LogP contribution in [0.3, 0.4) is 0 Å². The number of halogens is 1. The summed E-state index contributed by atoms with van der Waals surface area (Å²) in [5.41, 5.74) is 0.629. The van der Waals surface area contributed by atoms with Gasteiger partial charge in [0, 0.05) is 26.1 Å². The van der Waals surface area contributed by atoms with Crippen molar-refractivity contribution in [3.8, 4) is 0 Å². The molecule has 1 N–H and O–H groups in total. The zero-order chi connectivity index (χ0) is 17.0. The van der Waals surface area contributed by atoms with Crippen LogP contribution in [0.5, 0.6) is 0 Å². The molecular weight excluding hydrogens is 309 g/mol. The van der Waals surface area contributed by atoms with Gasteiger partial charge in [0.25, 0.3) is 0 Å². The van der Waals surface area contributed by atoms with E-state index < -0.39 is 11.7 Å². The molecule has 2 saturated heterocycles. The van der Waals surface area contributed by atoms with Gasteiger partial charge in [-0.05, 0) is 56.2 Å².